The Hall–Kier alpha value is -3.71. The standard InChI is InChI=1S/C27H26N6O/c1-32-10-12-33(13-11-32)24-9-7-18(16-28-24)25-19-8-6-17(14-23(19)30-31-25)21-15-27(21)20-4-2-3-5-22(20)29-26(27)34/h2-9,14,16,21H,10-13,15H2,1H3,(H,29,34)(H,30,31)/t21-,27-/m0/s1. The molecule has 0 radical (unpaired) electrons. The molecule has 2 aliphatic heterocycles. The maximum absolute atomic E-state index is 12.9. The van der Waals surface area contributed by atoms with Gasteiger partial charge in [0.05, 0.1) is 10.9 Å². The smallest absolute Gasteiger partial charge is 0.235 e. The normalized spacial score (nSPS) is 24.0. The second-order valence-corrected chi connectivity index (χ2v) is 9.80. The predicted molar refractivity (Wildman–Crippen MR) is 133 cm³/mol. The van der Waals surface area contributed by atoms with Crippen LogP contribution in [0.1, 0.15) is 23.5 Å². The van der Waals surface area contributed by atoms with Crippen molar-refractivity contribution in [2.75, 3.05) is 43.4 Å². The number of likely N-dealkylation sites (N-methyl/N-ethyl adjacent to an activating group) is 1. The minimum Gasteiger partial charge on any atom is -0.354 e. The number of nitrogens with zero attached hydrogens (tertiary/aromatic N) is 4. The predicted octanol–water partition coefficient (Wildman–Crippen LogP) is 3.75. The molecule has 1 saturated carbocycles. The van der Waals surface area contributed by atoms with E-state index in [-0.39, 0.29) is 11.8 Å². The average Bonchev–Trinajstić information content (AvgIpc) is 3.39. The molecule has 7 rings (SSSR count). The number of piperazine rings is 1. The van der Waals surface area contributed by atoms with Gasteiger partial charge < -0.3 is 15.1 Å². The van der Waals surface area contributed by atoms with E-state index in [0.717, 1.165) is 71.8 Å². The first-order chi connectivity index (χ1) is 16.6. The fourth-order valence-corrected chi connectivity index (χ4v) is 5.77. The molecule has 2 fully saturated rings. The lowest BCUT2D eigenvalue weighted by Gasteiger charge is -2.33. The van der Waals surface area contributed by atoms with Gasteiger partial charge in [-0.2, -0.15) is 5.10 Å². The molecule has 1 aliphatic carbocycles. The Kier molecular flexibility index (Phi) is 4.14. The van der Waals surface area contributed by atoms with E-state index < -0.39 is 5.41 Å². The summed E-state index contributed by atoms with van der Waals surface area (Å²) in [5.74, 6) is 1.33. The number of aromatic amines is 1. The first kappa shape index (κ1) is 19.7. The summed E-state index contributed by atoms with van der Waals surface area (Å²) in [6.07, 6.45) is 2.77. The number of carbonyl (C=O) groups is 1. The zero-order chi connectivity index (χ0) is 22.9. The van der Waals surface area contributed by atoms with E-state index >= 15 is 0 Å². The van der Waals surface area contributed by atoms with Crippen LogP contribution in [0.25, 0.3) is 22.2 Å². The van der Waals surface area contributed by atoms with Gasteiger partial charge >= 0.3 is 0 Å². The number of H-pyrrole nitrogens is 1. The third-order valence-corrected chi connectivity index (χ3v) is 7.86. The van der Waals surface area contributed by atoms with E-state index in [4.69, 9.17) is 4.98 Å². The lowest BCUT2D eigenvalue weighted by Crippen LogP contribution is -2.44. The quantitative estimate of drug-likeness (QED) is 0.497. The highest BCUT2D eigenvalue weighted by Gasteiger charge is 2.65. The number of nitrogens with one attached hydrogen (secondary N) is 2. The maximum atomic E-state index is 12.9. The minimum atomic E-state index is -0.421. The van der Waals surface area contributed by atoms with Crippen molar-refractivity contribution in [3.8, 4) is 11.3 Å². The highest BCUT2D eigenvalue weighted by molar-refractivity contribution is 6.10. The van der Waals surface area contributed by atoms with Crippen LogP contribution in [0, 0.1) is 0 Å². The molecule has 34 heavy (non-hydrogen) atoms. The monoisotopic (exact) mass is 450 g/mol. The summed E-state index contributed by atoms with van der Waals surface area (Å²) < 4.78 is 0. The summed E-state index contributed by atoms with van der Waals surface area (Å²) in [6, 6.07) is 18.7. The molecule has 7 nitrogen and oxygen atoms in total. The van der Waals surface area contributed by atoms with Crippen LogP contribution in [0.3, 0.4) is 0 Å². The Balaban J connectivity index is 1.16. The number of hydrogen-bond donors (Lipinski definition) is 2. The van der Waals surface area contributed by atoms with Crippen LogP contribution < -0.4 is 10.2 Å². The number of carbonyl (C=O) groups excluding carboxylic acids is 1. The van der Waals surface area contributed by atoms with Crippen LogP contribution in [-0.2, 0) is 10.2 Å². The number of aromatic nitrogens is 3. The Bertz CT molecular complexity index is 1420. The largest absolute Gasteiger partial charge is 0.354 e. The van der Waals surface area contributed by atoms with E-state index in [1.54, 1.807) is 0 Å². The number of anilines is 2. The van der Waals surface area contributed by atoms with Gasteiger partial charge in [-0.05, 0) is 48.9 Å². The van der Waals surface area contributed by atoms with Crippen molar-refractivity contribution < 1.29 is 4.79 Å². The summed E-state index contributed by atoms with van der Waals surface area (Å²) in [5.41, 5.74) is 5.74. The summed E-state index contributed by atoms with van der Waals surface area (Å²) >= 11 is 0. The summed E-state index contributed by atoms with van der Waals surface area (Å²) in [5, 5.41) is 12.0. The van der Waals surface area contributed by atoms with Gasteiger partial charge in [0.2, 0.25) is 5.91 Å². The fourth-order valence-electron chi connectivity index (χ4n) is 5.77. The SMILES string of the molecule is CN1CCN(c2ccc(-c3n[nH]c4cc([C@@H]5C[C@@]56C(=O)Nc5ccccc56)ccc34)cn2)CC1. The van der Waals surface area contributed by atoms with E-state index in [0.29, 0.717) is 0 Å². The van der Waals surface area contributed by atoms with Crippen LogP contribution in [0.2, 0.25) is 0 Å². The van der Waals surface area contributed by atoms with Crippen LogP contribution in [-0.4, -0.2) is 59.2 Å². The van der Waals surface area contributed by atoms with Crippen molar-refractivity contribution >= 4 is 28.3 Å². The third kappa shape index (κ3) is 2.83. The molecule has 3 aliphatic rings. The number of pyridine rings is 1. The molecule has 1 spiro atoms. The van der Waals surface area contributed by atoms with Gasteiger partial charge in [-0.25, -0.2) is 4.98 Å². The zero-order valence-electron chi connectivity index (χ0n) is 19.1. The Morgan fingerprint density at radius 1 is 1.03 bits per heavy atom. The molecule has 2 aromatic carbocycles. The molecule has 7 heteroatoms. The lowest BCUT2D eigenvalue weighted by atomic mass is 9.92. The molecule has 4 aromatic rings. The average molecular weight is 451 g/mol. The molecule has 4 heterocycles. The molecule has 0 unspecified atom stereocenters. The van der Waals surface area contributed by atoms with Gasteiger partial charge in [-0.15, -0.1) is 0 Å². The Morgan fingerprint density at radius 3 is 2.71 bits per heavy atom. The van der Waals surface area contributed by atoms with Crippen LogP contribution >= 0.6 is 0 Å². The molecule has 1 amide bonds. The van der Waals surface area contributed by atoms with Crippen molar-refractivity contribution in [1.82, 2.24) is 20.1 Å². The van der Waals surface area contributed by atoms with E-state index in [1.807, 2.05) is 24.4 Å². The third-order valence-electron chi connectivity index (χ3n) is 7.86. The van der Waals surface area contributed by atoms with Crippen molar-refractivity contribution in [3.05, 3.63) is 71.9 Å². The fraction of sp³-hybridized carbons (Fsp3) is 0.296. The Morgan fingerprint density at radius 2 is 1.88 bits per heavy atom. The molecular weight excluding hydrogens is 424 g/mol. The summed E-state index contributed by atoms with van der Waals surface area (Å²) in [4.78, 5) is 22.3. The number of para-hydroxylation sites is 1. The number of amides is 1. The van der Waals surface area contributed by atoms with Gasteiger partial charge in [0, 0.05) is 54.9 Å². The maximum Gasteiger partial charge on any atom is 0.235 e. The zero-order valence-corrected chi connectivity index (χ0v) is 19.1. The first-order valence-corrected chi connectivity index (χ1v) is 11.9. The number of rotatable bonds is 3. The van der Waals surface area contributed by atoms with Gasteiger partial charge in [0.15, 0.2) is 0 Å². The van der Waals surface area contributed by atoms with E-state index in [9.17, 15) is 4.79 Å². The van der Waals surface area contributed by atoms with E-state index in [1.165, 1.54) is 5.56 Å². The summed E-state index contributed by atoms with van der Waals surface area (Å²) in [6.45, 7) is 4.13. The number of benzene rings is 2. The molecule has 2 atom stereocenters. The van der Waals surface area contributed by atoms with Gasteiger partial charge in [-0.3, -0.25) is 9.89 Å². The summed E-state index contributed by atoms with van der Waals surface area (Å²) in [7, 11) is 2.16. The van der Waals surface area contributed by atoms with Crippen molar-refractivity contribution in [1.29, 1.82) is 0 Å². The lowest BCUT2D eigenvalue weighted by molar-refractivity contribution is -0.118. The first-order valence-electron chi connectivity index (χ1n) is 11.9. The van der Waals surface area contributed by atoms with Gasteiger partial charge in [-0.1, -0.05) is 30.3 Å². The number of fused-ring (bicyclic) bond motifs is 3. The van der Waals surface area contributed by atoms with Gasteiger partial charge in [0.1, 0.15) is 11.5 Å². The van der Waals surface area contributed by atoms with Crippen LogP contribution in [0.5, 0.6) is 0 Å². The minimum absolute atomic E-state index is 0.121. The molecule has 1 saturated heterocycles. The second-order valence-electron chi connectivity index (χ2n) is 9.80. The molecule has 2 N–H and O–H groups in total. The van der Waals surface area contributed by atoms with E-state index in [2.05, 4.69) is 68.8 Å². The molecule has 170 valence electrons. The molecule has 0 bridgehead atoms. The highest BCUT2D eigenvalue weighted by atomic mass is 16.2. The van der Waals surface area contributed by atoms with Gasteiger partial charge in [0.25, 0.3) is 0 Å². The van der Waals surface area contributed by atoms with Crippen molar-refractivity contribution in [3.63, 3.8) is 0 Å². The highest BCUT2D eigenvalue weighted by Crippen LogP contribution is 2.65. The van der Waals surface area contributed by atoms with Crippen LogP contribution in [0.4, 0.5) is 11.5 Å². The van der Waals surface area contributed by atoms with Crippen molar-refractivity contribution in [2.45, 2.75) is 17.8 Å². The van der Waals surface area contributed by atoms with Crippen molar-refractivity contribution in [2.24, 2.45) is 0 Å². The number of hydrogen-bond acceptors (Lipinski definition) is 5. The molecular formula is C27H26N6O. The molecule has 2 aromatic heterocycles. The second kappa shape index (κ2) is 7.14. The topological polar surface area (TPSA) is 77.1 Å². The Labute approximate surface area is 197 Å². The van der Waals surface area contributed by atoms with Crippen LogP contribution in [0.15, 0.2) is 60.8 Å².